The molecule has 1 aromatic heterocycles. The van der Waals surface area contributed by atoms with Crippen LogP contribution in [0, 0.1) is 0 Å². The fourth-order valence-electron chi connectivity index (χ4n) is 1.07. The quantitative estimate of drug-likeness (QED) is 0.639. The molecule has 14 heavy (non-hydrogen) atoms. The van der Waals surface area contributed by atoms with E-state index in [4.69, 9.17) is 5.73 Å². The molecule has 1 unspecified atom stereocenters. The van der Waals surface area contributed by atoms with Crippen LogP contribution in [0.3, 0.4) is 0 Å². The van der Waals surface area contributed by atoms with E-state index in [1.165, 1.54) is 11.8 Å². The molecule has 1 saturated carbocycles. The first-order chi connectivity index (χ1) is 6.81. The zero-order chi connectivity index (χ0) is 9.97. The predicted octanol–water partition coefficient (Wildman–Crippen LogP) is -0.580. The van der Waals surface area contributed by atoms with Gasteiger partial charge >= 0.3 is 0 Å². The van der Waals surface area contributed by atoms with Crippen LogP contribution in [0.4, 0.5) is 0 Å². The second-order valence-corrected chi connectivity index (χ2v) is 4.32. The summed E-state index contributed by atoms with van der Waals surface area (Å²) in [7, 11) is 0. The number of thioether (sulfide) groups is 1. The number of hydrogen-bond acceptors (Lipinski definition) is 6. The van der Waals surface area contributed by atoms with Crippen molar-refractivity contribution >= 4 is 11.8 Å². The van der Waals surface area contributed by atoms with Crippen LogP contribution in [0.15, 0.2) is 5.16 Å². The Morgan fingerprint density at radius 3 is 3.07 bits per heavy atom. The van der Waals surface area contributed by atoms with Gasteiger partial charge in [0.2, 0.25) is 5.16 Å². The van der Waals surface area contributed by atoms with Gasteiger partial charge in [0.15, 0.2) is 0 Å². The van der Waals surface area contributed by atoms with Gasteiger partial charge in [-0.05, 0) is 23.3 Å². The van der Waals surface area contributed by atoms with Gasteiger partial charge in [-0.25, -0.2) is 4.68 Å². The van der Waals surface area contributed by atoms with E-state index >= 15 is 0 Å². The van der Waals surface area contributed by atoms with E-state index in [1.807, 2.05) is 4.68 Å². The lowest BCUT2D eigenvalue weighted by Crippen LogP contribution is -2.22. The maximum Gasteiger partial charge on any atom is 0.209 e. The third-order valence-corrected chi connectivity index (χ3v) is 3.11. The summed E-state index contributed by atoms with van der Waals surface area (Å²) in [6.45, 7) is 0.276. The minimum absolute atomic E-state index is 0.276. The van der Waals surface area contributed by atoms with Crippen LogP contribution in [0.1, 0.15) is 18.9 Å². The van der Waals surface area contributed by atoms with Gasteiger partial charge in [0, 0.05) is 12.3 Å². The second kappa shape index (κ2) is 4.24. The molecule has 2 rings (SSSR count). The number of hydrogen-bond donors (Lipinski definition) is 2. The maximum atomic E-state index is 9.28. The van der Waals surface area contributed by atoms with Gasteiger partial charge in [0.25, 0.3) is 0 Å². The number of aliphatic hydroxyl groups is 1. The Labute approximate surface area is 85.9 Å². The van der Waals surface area contributed by atoms with Crippen LogP contribution in [0.2, 0.25) is 0 Å². The fraction of sp³-hybridized carbons (Fsp3) is 0.857. The van der Waals surface area contributed by atoms with Crippen LogP contribution in [-0.2, 0) is 0 Å². The van der Waals surface area contributed by atoms with Gasteiger partial charge < -0.3 is 10.8 Å². The largest absolute Gasteiger partial charge is 0.391 e. The molecule has 1 aliphatic rings. The standard InChI is InChI=1S/C7H13N5OS/c8-3-6(13)4-14-7-9-10-11-12(7)5-1-2-5/h5-6,13H,1-4,8H2. The molecular formula is C7H13N5OS. The normalized spacial score (nSPS) is 18.4. The Kier molecular flexibility index (Phi) is 2.99. The van der Waals surface area contributed by atoms with Gasteiger partial charge in [-0.1, -0.05) is 11.8 Å². The third-order valence-electron chi connectivity index (χ3n) is 2.03. The summed E-state index contributed by atoms with van der Waals surface area (Å²) in [5.74, 6) is 0.545. The smallest absolute Gasteiger partial charge is 0.209 e. The highest BCUT2D eigenvalue weighted by Gasteiger charge is 2.27. The number of rotatable bonds is 5. The molecule has 0 aliphatic heterocycles. The Morgan fingerprint density at radius 2 is 2.43 bits per heavy atom. The highest BCUT2D eigenvalue weighted by atomic mass is 32.2. The molecule has 0 aromatic carbocycles. The first kappa shape index (κ1) is 9.88. The average molecular weight is 215 g/mol. The Balaban J connectivity index is 1.91. The van der Waals surface area contributed by atoms with Crippen LogP contribution in [-0.4, -0.2) is 43.7 Å². The zero-order valence-electron chi connectivity index (χ0n) is 7.70. The third kappa shape index (κ3) is 2.23. The SMILES string of the molecule is NCC(O)CSc1nnnn1C1CC1. The Morgan fingerprint density at radius 1 is 1.64 bits per heavy atom. The van der Waals surface area contributed by atoms with Gasteiger partial charge in [-0.2, -0.15) is 0 Å². The van der Waals surface area contributed by atoms with Crippen molar-refractivity contribution in [3.63, 3.8) is 0 Å². The van der Waals surface area contributed by atoms with Crippen molar-refractivity contribution in [2.75, 3.05) is 12.3 Å². The van der Waals surface area contributed by atoms with E-state index in [-0.39, 0.29) is 6.54 Å². The van der Waals surface area contributed by atoms with Gasteiger partial charge in [0.05, 0.1) is 12.1 Å². The van der Waals surface area contributed by atoms with E-state index < -0.39 is 6.10 Å². The number of aliphatic hydroxyl groups excluding tert-OH is 1. The van der Waals surface area contributed by atoms with Crippen LogP contribution in [0.25, 0.3) is 0 Å². The number of aromatic nitrogens is 4. The summed E-state index contributed by atoms with van der Waals surface area (Å²) in [6.07, 6.45) is 1.82. The molecule has 3 N–H and O–H groups in total. The summed E-state index contributed by atoms with van der Waals surface area (Å²) in [5.41, 5.74) is 5.30. The molecule has 1 fully saturated rings. The van der Waals surface area contributed by atoms with Crippen LogP contribution in [0.5, 0.6) is 0 Å². The number of nitrogens with two attached hydrogens (primary N) is 1. The summed E-state index contributed by atoms with van der Waals surface area (Å²) >= 11 is 1.45. The van der Waals surface area contributed by atoms with Crippen molar-refractivity contribution in [1.82, 2.24) is 20.2 Å². The molecule has 0 amide bonds. The van der Waals surface area contributed by atoms with E-state index in [9.17, 15) is 5.11 Å². The molecule has 78 valence electrons. The second-order valence-electron chi connectivity index (χ2n) is 3.34. The molecular weight excluding hydrogens is 202 g/mol. The van der Waals surface area contributed by atoms with Gasteiger partial charge in [0.1, 0.15) is 0 Å². The molecule has 7 heteroatoms. The molecule has 0 spiro atoms. The molecule has 1 aromatic rings. The van der Waals surface area contributed by atoms with E-state index in [2.05, 4.69) is 15.5 Å². The number of nitrogens with zero attached hydrogens (tertiary/aromatic N) is 4. The summed E-state index contributed by atoms with van der Waals surface area (Å²) < 4.78 is 1.83. The minimum atomic E-state index is -0.482. The van der Waals surface area contributed by atoms with Crippen LogP contribution < -0.4 is 5.73 Å². The van der Waals surface area contributed by atoms with Crippen molar-refractivity contribution in [3.8, 4) is 0 Å². The molecule has 0 bridgehead atoms. The lowest BCUT2D eigenvalue weighted by molar-refractivity contribution is 0.208. The summed E-state index contributed by atoms with van der Waals surface area (Å²) in [6, 6.07) is 0.475. The van der Waals surface area contributed by atoms with Crippen molar-refractivity contribution in [2.45, 2.75) is 30.1 Å². The topological polar surface area (TPSA) is 89.8 Å². The first-order valence-corrected chi connectivity index (χ1v) is 5.58. The lowest BCUT2D eigenvalue weighted by atomic mass is 10.4. The minimum Gasteiger partial charge on any atom is -0.391 e. The van der Waals surface area contributed by atoms with Crippen molar-refractivity contribution in [3.05, 3.63) is 0 Å². The van der Waals surface area contributed by atoms with E-state index in [1.54, 1.807) is 0 Å². The predicted molar refractivity (Wildman–Crippen MR) is 51.9 cm³/mol. The maximum absolute atomic E-state index is 9.28. The molecule has 1 atom stereocenters. The number of tetrazole rings is 1. The zero-order valence-corrected chi connectivity index (χ0v) is 8.52. The van der Waals surface area contributed by atoms with Crippen molar-refractivity contribution in [2.24, 2.45) is 5.73 Å². The molecule has 0 saturated heterocycles. The Hall–Kier alpha value is -0.660. The van der Waals surface area contributed by atoms with E-state index in [0.717, 1.165) is 18.0 Å². The highest BCUT2D eigenvalue weighted by Crippen LogP contribution is 2.36. The lowest BCUT2D eigenvalue weighted by Gasteiger charge is -2.06. The summed E-state index contributed by atoms with van der Waals surface area (Å²) in [5, 5.41) is 21.5. The fourth-order valence-corrected chi connectivity index (χ4v) is 1.96. The Bertz CT molecular complexity index is 300. The van der Waals surface area contributed by atoms with E-state index in [0.29, 0.717) is 11.8 Å². The molecule has 1 heterocycles. The van der Waals surface area contributed by atoms with Gasteiger partial charge in [-0.3, -0.25) is 0 Å². The molecule has 1 aliphatic carbocycles. The van der Waals surface area contributed by atoms with Crippen molar-refractivity contribution in [1.29, 1.82) is 0 Å². The van der Waals surface area contributed by atoms with Crippen molar-refractivity contribution < 1.29 is 5.11 Å². The first-order valence-electron chi connectivity index (χ1n) is 4.60. The average Bonchev–Trinajstić information content (AvgIpc) is 2.94. The highest BCUT2D eigenvalue weighted by molar-refractivity contribution is 7.99. The monoisotopic (exact) mass is 215 g/mol. The molecule has 0 radical (unpaired) electrons. The van der Waals surface area contributed by atoms with Crippen LogP contribution >= 0.6 is 11.8 Å². The van der Waals surface area contributed by atoms with Gasteiger partial charge in [-0.15, -0.1) is 5.10 Å². The summed E-state index contributed by atoms with van der Waals surface area (Å²) in [4.78, 5) is 0. The molecule has 6 nitrogen and oxygen atoms in total.